The van der Waals surface area contributed by atoms with E-state index in [2.05, 4.69) is 10.1 Å². The van der Waals surface area contributed by atoms with Gasteiger partial charge in [0.25, 0.3) is 5.56 Å². The molecular formula is C6H4FN3O. The molecule has 4 nitrogen and oxygen atoms in total. The fourth-order valence-electron chi connectivity index (χ4n) is 0.926. The molecule has 2 rings (SSSR count). The van der Waals surface area contributed by atoms with Crippen molar-refractivity contribution in [3.63, 3.8) is 0 Å². The maximum absolute atomic E-state index is 12.7. The molecule has 56 valence electrons. The molecule has 0 fully saturated rings. The lowest BCUT2D eigenvalue weighted by Gasteiger charge is -1.88. The highest BCUT2D eigenvalue weighted by molar-refractivity contribution is 5.44. The second kappa shape index (κ2) is 1.91. The van der Waals surface area contributed by atoms with Gasteiger partial charge in [-0.15, -0.1) is 0 Å². The van der Waals surface area contributed by atoms with Crippen LogP contribution in [0.5, 0.6) is 0 Å². The van der Waals surface area contributed by atoms with Crippen molar-refractivity contribution in [2.24, 2.45) is 0 Å². The van der Waals surface area contributed by atoms with E-state index < -0.39 is 11.4 Å². The molecule has 0 aliphatic carbocycles. The van der Waals surface area contributed by atoms with E-state index in [1.54, 1.807) is 0 Å². The van der Waals surface area contributed by atoms with Crippen molar-refractivity contribution in [1.82, 2.24) is 14.6 Å². The zero-order valence-electron chi connectivity index (χ0n) is 5.41. The first kappa shape index (κ1) is 6.09. The van der Waals surface area contributed by atoms with Gasteiger partial charge in [0.05, 0.1) is 0 Å². The molecule has 0 bridgehead atoms. The molecule has 5 heteroatoms. The van der Waals surface area contributed by atoms with Crippen LogP contribution < -0.4 is 5.56 Å². The maximum Gasteiger partial charge on any atom is 0.278 e. The Morgan fingerprint density at radius 3 is 3.18 bits per heavy atom. The van der Waals surface area contributed by atoms with Crippen molar-refractivity contribution in [2.75, 3.05) is 0 Å². The highest BCUT2D eigenvalue weighted by Crippen LogP contribution is 2.01. The molecule has 2 heterocycles. The topological polar surface area (TPSA) is 50.2 Å². The third-order valence-electron chi connectivity index (χ3n) is 1.41. The Morgan fingerprint density at radius 1 is 1.64 bits per heavy atom. The summed E-state index contributed by atoms with van der Waals surface area (Å²) >= 11 is 0. The molecule has 0 saturated carbocycles. The van der Waals surface area contributed by atoms with Crippen LogP contribution >= 0.6 is 0 Å². The Labute approximate surface area is 60.3 Å². The van der Waals surface area contributed by atoms with E-state index in [-0.39, 0.29) is 5.52 Å². The van der Waals surface area contributed by atoms with Gasteiger partial charge in [-0.25, -0.2) is 8.91 Å². The molecule has 1 N–H and O–H groups in total. The van der Waals surface area contributed by atoms with Crippen LogP contribution in [-0.4, -0.2) is 14.6 Å². The SMILES string of the molecule is O=c1[nH]cnn2ccc(F)c12. The predicted octanol–water partition coefficient (Wildman–Crippen LogP) is 0.162. The average molecular weight is 153 g/mol. The number of rotatable bonds is 0. The van der Waals surface area contributed by atoms with Crippen molar-refractivity contribution in [3.05, 3.63) is 34.8 Å². The molecule has 0 unspecified atom stereocenters. The minimum Gasteiger partial charge on any atom is -0.310 e. The van der Waals surface area contributed by atoms with Gasteiger partial charge in [0.2, 0.25) is 0 Å². The summed E-state index contributed by atoms with van der Waals surface area (Å²) in [6.07, 6.45) is 2.61. The van der Waals surface area contributed by atoms with Gasteiger partial charge in [-0.2, -0.15) is 5.10 Å². The molecule has 11 heavy (non-hydrogen) atoms. The minimum absolute atomic E-state index is 0.0486. The third kappa shape index (κ3) is 0.739. The fourth-order valence-corrected chi connectivity index (χ4v) is 0.926. The van der Waals surface area contributed by atoms with E-state index in [4.69, 9.17) is 0 Å². The summed E-state index contributed by atoms with van der Waals surface area (Å²) in [5, 5.41) is 3.68. The number of hydrogen-bond donors (Lipinski definition) is 1. The second-order valence-corrected chi connectivity index (χ2v) is 2.07. The van der Waals surface area contributed by atoms with Crippen molar-refractivity contribution < 1.29 is 4.39 Å². The van der Waals surface area contributed by atoms with E-state index in [0.717, 1.165) is 0 Å². The highest BCUT2D eigenvalue weighted by atomic mass is 19.1. The summed E-state index contributed by atoms with van der Waals surface area (Å²) in [4.78, 5) is 13.2. The van der Waals surface area contributed by atoms with Crippen molar-refractivity contribution in [3.8, 4) is 0 Å². The monoisotopic (exact) mass is 153 g/mol. The number of hydrogen-bond acceptors (Lipinski definition) is 2. The quantitative estimate of drug-likeness (QED) is 0.586. The Balaban J connectivity index is 3.08. The predicted molar refractivity (Wildman–Crippen MR) is 35.8 cm³/mol. The normalized spacial score (nSPS) is 10.6. The zero-order valence-corrected chi connectivity index (χ0v) is 5.41. The Bertz CT molecular complexity index is 444. The van der Waals surface area contributed by atoms with Crippen LogP contribution in [0.3, 0.4) is 0 Å². The van der Waals surface area contributed by atoms with E-state index in [0.29, 0.717) is 0 Å². The summed E-state index contributed by atoms with van der Waals surface area (Å²) in [5.74, 6) is -0.556. The lowest BCUT2D eigenvalue weighted by Crippen LogP contribution is -2.10. The summed E-state index contributed by atoms with van der Waals surface area (Å²) in [6.45, 7) is 0. The van der Waals surface area contributed by atoms with Crippen LogP contribution in [0.4, 0.5) is 4.39 Å². The lowest BCUT2D eigenvalue weighted by molar-refractivity contribution is 0.637. The van der Waals surface area contributed by atoms with Crippen LogP contribution in [0.15, 0.2) is 23.4 Å². The van der Waals surface area contributed by atoms with Gasteiger partial charge in [-0.1, -0.05) is 0 Å². The van der Waals surface area contributed by atoms with Crippen LogP contribution in [0, 0.1) is 5.82 Å². The molecule has 0 aliphatic rings. The largest absolute Gasteiger partial charge is 0.310 e. The van der Waals surface area contributed by atoms with E-state index in [9.17, 15) is 9.18 Å². The molecule has 0 aromatic carbocycles. The molecule has 0 amide bonds. The van der Waals surface area contributed by atoms with E-state index in [1.165, 1.54) is 23.1 Å². The van der Waals surface area contributed by atoms with Crippen molar-refractivity contribution >= 4 is 5.52 Å². The number of nitrogens with zero attached hydrogens (tertiary/aromatic N) is 2. The van der Waals surface area contributed by atoms with Gasteiger partial charge >= 0.3 is 0 Å². The number of aromatic nitrogens is 3. The second-order valence-electron chi connectivity index (χ2n) is 2.07. The molecule has 0 atom stereocenters. The van der Waals surface area contributed by atoms with Crippen LogP contribution in [0.25, 0.3) is 5.52 Å². The van der Waals surface area contributed by atoms with E-state index in [1.807, 2.05) is 0 Å². The molecule has 0 aliphatic heterocycles. The molecule has 0 saturated heterocycles. The first-order valence-corrected chi connectivity index (χ1v) is 2.99. The summed E-state index contributed by atoms with van der Waals surface area (Å²) in [6, 6.07) is 1.19. The number of H-pyrrole nitrogens is 1. The van der Waals surface area contributed by atoms with Crippen LogP contribution in [0.2, 0.25) is 0 Å². The smallest absolute Gasteiger partial charge is 0.278 e. The maximum atomic E-state index is 12.7. The molecule has 2 aromatic heterocycles. The minimum atomic E-state index is -0.556. The standard InChI is InChI=1S/C6H4FN3O/c7-4-1-2-10-5(4)6(11)8-3-9-10/h1-3H,(H,8,9,11). The third-order valence-corrected chi connectivity index (χ3v) is 1.41. The summed E-state index contributed by atoms with van der Waals surface area (Å²) < 4.78 is 13.9. The summed E-state index contributed by atoms with van der Waals surface area (Å²) in [5.41, 5.74) is -0.519. The lowest BCUT2D eigenvalue weighted by atomic mass is 10.5. The van der Waals surface area contributed by atoms with Crippen molar-refractivity contribution in [2.45, 2.75) is 0 Å². The molecule has 0 radical (unpaired) electrons. The van der Waals surface area contributed by atoms with Gasteiger partial charge < -0.3 is 4.98 Å². The fraction of sp³-hybridized carbons (Fsp3) is 0. The number of halogens is 1. The Hall–Kier alpha value is -1.65. The zero-order chi connectivity index (χ0) is 7.84. The molecule has 2 aromatic rings. The Morgan fingerprint density at radius 2 is 2.45 bits per heavy atom. The van der Waals surface area contributed by atoms with Crippen LogP contribution in [-0.2, 0) is 0 Å². The van der Waals surface area contributed by atoms with Gasteiger partial charge in [0.1, 0.15) is 6.33 Å². The first-order valence-electron chi connectivity index (χ1n) is 2.99. The van der Waals surface area contributed by atoms with Gasteiger partial charge in [-0.3, -0.25) is 4.79 Å². The number of fused-ring (bicyclic) bond motifs is 1. The summed E-state index contributed by atoms with van der Waals surface area (Å²) in [7, 11) is 0. The van der Waals surface area contributed by atoms with Gasteiger partial charge in [-0.05, 0) is 6.07 Å². The van der Waals surface area contributed by atoms with Gasteiger partial charge in [0, 0.05) is 6.20 Å². The first-order chi connectivity index (χ1) is 5.29. The molecular weight excluding hydrogens is 149 g/mol. The van der Waals surface area contributed by atoms with Crippen LogP contribution in [0.1, 0.15) is 0 Å². The average Bonchev–Trinajstić information content (AvgIpc) is 2.34. The highest BCUT2D eigenvalue weighted by Gasteiger charge is 2.04. The number of aromatic amines is 1. The van der Waals surface area contributed by atoms with E-state index >= 15 is 0 Å². The number of nitrogens with one attached hydrogen (secondary N) is 1. The van der Waals surface area contributed by atoms with Gasteiger partial charge in [0.15, 0.2) is 11.3 Å². The van der Waals surface area contributed by atoms with Crippen molar-refractivity contribution in [1.29, 1.82) is 0 Å². The molecule has 0 spiro atoms. The Kier molecular flexibility index (Phi) is 1.06.